The SMILES string of the molecule is CCCCC(NC(=O)COc1ccccc1F)C(=O)O. The zero-order valence-electron chi connectivity index (χ0n) is 11.3. The van der Waals surface area contributed by atoms with Crippen LogP contribution in [0.15, 0.2) is 24.3 Å². The molecular weight excluding hydrogens is 265 g/mol. The van der Waals surface area contributed by atoms with E-state index in [0.717, 1.165) is 6.42 Å². The van der Waals surface area contributed by atoms with E-state index in [-0.39, 0.29) is 5.75 Å². The van der Waals surface area contributed by atoms with Gasteiger partial charge < -0.3 is 15.2 Å². The molecule has 1 aromatic rings. The van der Waals surface area contributed by atoms with Crippen molar-refractivity contribution >= 4 is 11.9 Å². The number of halogens is 1. The summed E-state index contributed by atoms with van der Waals surface area (Å²) in [5, 5.41) is 11.3. The molecule has 0 saturated carbocycles. The minimum absolute atomic E-state index is 0.0388. The molecule has 0 saturated heterocycles. The Hall–Kier alpha value is -2.11. The van der Waals surface area contributed by atoms with E-state index in [9.17, 15) is 14.0 Å². The largest absolute Gasteiger partial charge is 0.481 e. The van der Waals surface area contributed by atoms with Crippen LogP contribution in [0.3, 0.4) is 0 Å². The number of unbranched alkanes of at least 4 members (excludes halogenated alkanes) is 1. The first-order valence-electron chi connectivity index (χ1n) is 6.44. The van der Waals surface area contributed by atoms with Gasteiger partial charge in [-0.3, -0.25) is 4.79 Å². The summed E-state index contributed by atoms with van der Waals surface area (Å²) in [5.41, 5.74) is 0. The van der Waals surface area contributed by atoms with Crippen molar-refractivity contribution in [1.29, 1.82) is 0 Å². The highest BCUT2D eigenvalue weighted by Crippen LogP contribution is 2.14. The van der Waals surface area contributed by atoms with E-state index < -0.39 is 30.3 Å². The number of nitrogens with one attached hydrogen (secondary N) is 1. The lowest BCUT2D eigenvalue weighted by atomic mass is 10.1. The molecule has 20 heavy (non-hydrogen) atoms. The number of hydrogen-bond acceptors (Lipinski definition) is 3. The second-order valence-electron chi connectivity index (χ2n) is 4.32. The molecule has 2 N–H and O–H groups in total. The van der Waals surface area contributed by atoms with Crippen LogP contribution in [0, 0.1) is 5.82 Å². The predicted octanol–water partition coefficient (Wildman–Crippen LogP) is 1.96. The van der Waals surface area contributed by atoms with Crippen molar-refractivity contribution < 1.29 is 23.8 Å². The summed E-state index contributed by atoms with van der Waals surface area (Å²) in [4.78, 5) is 22.5. The second-order valence-corrected chi connectivity index (χ2v) is 4.32. The average Bonchev–Trinajstić information content (AvgIpc) is 2.42. The molecule has 5 nitrogen and oxygen atoms in total. The van der Waals surface area contributed by atoms with Gasteiger partial charge in [-0.15, -0.1) is 0 Å². The van der Waals surface area contributed by atoms with Gasteiger partial charge in [0.05, 0.1) is 0 Å². The number of amides is 1. The normalized spacial score (nSPS) is 11.7. The van der Waals surface area contributed by atoms with Crippen molar-refractivity contribution in [2.45, 2.75) is 32.2 Å². The Kier molecular flexibility index (Phi) is 6.49. The van der Waals surface area contributed by atoms with Crippen LogP contribution in [0.25, 0.3) is 0 Å². The van der Waals surface area contributed by atoms with Crippen LogP contribution < -0.4 is 10.1 Å². The molecule has 110 valence electrons. The van der Waals surface area contributed by atoms with Gasteiger partial charge in [0.2, 0.25) is 0 Å². The smallest absolute Gasteiger partial charge is 0.326 e. The number of carbonyl (C=O) groups is 2. The minimum atomic E-state index is -1.09. The van der Waals surface area contributed by atoms with Crippen molar-refractivity contribution in [1.82, 2.24) is 5.32 Å². The summed E-state index contributed by atoms with van der Waals surface area (Å²) in [5.74, 6) is -2.28. The fourth-order valence-electron chi connectivity index (χ4n) is 1.61. The quantitative estimate of drug-likeness (QED) is 0.764. The first-order chi connectivity index (χ1) is 9.54. The Labute approximate surface area is 116 Å². The Morgan fingerprint density at radius 2 is 2.10 bits per heavy atom. The summed E-state index contributed by atoms with van der Waals surface area (Å²) in [6, 6.07) is 4.76. The van der Waals surface area contributed by atoms with Gasteiger partial charge in [-0.1, -0.05) is 31.9 Å². The summed E-state index contributed by atoms with van der Waals surface area (Å²) in [6.07, 6.45) is 1.90. The van der Waals surface area contributed by atoms with Crippen LogP contribution in [0.5, 0.6) is 5.75 Å². The monoisotopic (exact) mass is 283 g/mol. The third-order valence-corrected chi connectivity index (χ3v) is 2.68. The van der Waals surface area contributed by atoms with E-state index in [1.807, 2.05) is 6.92 Å². The summed E-state index contributed by atoms with van der Waals surface area (Å²) in [6.45, 7) is 1.51. The van der Waals surface area contributed by atoms with Gasteiger partial charge in [0.15, 0.2) is 18.2 Å². The summed E-state index contributed by atoms with van der Waals surface area (Å²) < 4.78 is 18.3. The lowest BCUT2D eigenvalue weighted by Gasteiger charge is -2.14. The van der Waals surface area contributed by atoms with Gasteiger partial charge in [0, 0.05) is 0 Å². The van der Waals surface area contributed by atoms with E-state index in [0.29, 0.717) is 12.8 Å². The number of benzene rings is 1. The molecule has 0 spiro atoms. The maximum absolute atomic E-state index is 13.2. The molecule has 1 unspecified atom stereocenters. The fourth-order valence-corrected chi connectivity index (χ4v) is 1.61. The number of carboxylic acids is 1. The van der Waals surface area contributed by atoms with Crippen molar-refractivity contribution in [2.24, 2.45) is 0 Å². The first-order valence-corrected chi connectivity index (χ1v) is 6.44. The molecule has 1 atom stereocenters. The Morgan fingerprint density at radius 1 is 1.40 bits per heavy atom. The van der Waals surface area contributed by atoms with Gasteiger partial charge in [-0.05, 0) is 18.6 Å². The van der Waals surface area contributed by atoms with E-state index >= 15 is 0 Å². The van der Waals surface area contributed by atoms with Gasteiger partial charge in [-0.2, -0.15) is 0 Å². The van der Waals surface area contributed by atoms with Crippen LogP contribution in [-0.4, -0.2) is 29.6 Å². The lowest BCUT2D eigenvalue weighted by Crippen LogP contribution is -2.42. The maximum atomic E-state index is 13.2. The van der Waals surface area contributed by atoms with Crippen LogP contribution >= 0.6 is 0 Å². The Balaban J connectivity index is 2.46. The molecule has 1 amide bonds. The van der Waals surface area contributed by atoms with Crippen molar-refractivity contribution in [3.8, 4) is 5.75 Å². The van der Waals surface area contributed by atoms with Crippen LogP contribution in [0.4, 0.5) is 4.39 Å². The molecule has 0 radical (unpaired) electrons. The second kappa shape index (κ2) is 8.14. The molecule has 6 heteroatoms. The minimum Gasteiger partial charge on any atom is -0.481 e. The van der Waals surface area contributed by atoms with Gasteiger partial charge in [-0.25, -0.2) is 9.18 Å². The average molecular weight is 283 g/mol. The number of carbonyl (C=O) groups excluding carboxylic acids is 1. The molecular formula is C14H18FNO4. The third kappa shape index (κ3) is 5.26. The molecule has 0 aliphatic heterocycles. The number of carboxylic acid groups (broad SMARTS) is 1. The first kappa shape index (κ1) is 15.9. The highest BCUT2D eigenvalue weighted by molar-refractivity contribution is 5.84. The molecule has 0 aromatic heterocycles. The molecule has 0 bridgehead atoms. The van der Waals surface area contributed by atoms with Crippen LogP contribution in [-0.2, 0) is 9.59 Å². The molecule has 0 aliphatic carbocycles. The molecule has 0 fully saturated rings. The lowest BCUT2D eigenvalue weighted by molar-refractivity contribution is -0.142. The van der Waals surface area contributed by atoms with Crippen molar-refractivity contribution in [3.63, 3.8) is 0 Å². The number of para-hydroxylation sites is 1. The van der Waals surface area contributed by atoms with Crippen molar-refractivity contribution in [2.75, 3.05) is 6.61 Å². The van der Waals surface area contributed by atoms with Crippen molar-refractivity contribution in [3.05, 3.63) is 30.1 Å². The highest BCUT2D eigenvalue weighted by atomic mass is 19.1. The van der Waals surface area contributed by atoms with Crippen LogP contribution in [0.2, 0.25) is 0 Å². The summed E-state index contributed by atoms with van der Waals surface area (Å²) >= 11 is 0. The van der Waals surface area contributed by atoms with Gasteiger partial charge in [0.25, 0.3) is 5.91 Å². The van der Waals surface area contributed by atoms with E-state index in [1.54, 1.807) is 6.07 Å². The van der Waals surface area contributed by atoms with Crippen LogP contribution in [0.1, 0.15) is 26.2 Å². The third-order valence-electron chi connectivity index (χ3n) is 2.68. The Morgan fingerprint density at radius 3 is 2.70 bits per heavy atom. The molecule has 0 heterocycles. The highest BCUT2D eigenvalue weighted by Gasteiger charge is 2.19. The van der Waals surface area contributed by atoms with E-state index in [1.165, 1.54) is 18.2 Å². The van der Waals surface area contributed by atoms with E-state index in [4.69, 9.17) is 9.84 Å². The molecule has 1 rings (SSSR count). The summed E-state index contributed by atoms with van der Waals surface area (Å²) in [7, 11) is 0. The van der Waals surface area contributed by atoms with Gasteiger partial charge >= 0.3 is 5.97 Å². The standard InChI is InChI=1S/C14H18FNO4/c1-2-3-7-11(14(18)19)16-13(17)9-20-12-8-5-4-6-10(12)15/h4-6,8,11H,2-3,7,9H2,1H3,(H,16,17)(H,18,19). The van der Waals surface area contributed by atoms with Gasteiger partial charge in [0.1, 0.15) is 6.04 Å². The van der Waals surface area contributed by atoms with E-state index in [2.05, 4.69) is 5.32 Å². The zero-order chi connectivity index (χ0) is 15.0. The zero-order valence-corrected chi connectivity index (χ0v) is 11.3. The topological polar surface area (TPSA) is 75.6 Å². The molecule has 0 aliphatic rings. The Bertz CT molecular complexity index is 464. The predicted molar refractivity (Wildman–Crippen MR) is 71.0 cm³/mol. The number of rotatable bonds is 8. The number of hydrogen-bond donors (Lipinski definition) is 2. The fraction of sp³-hybridized carbons (Fsp3) is 0.429. The molecule has 1 aromatic carbocycles. The number of ether oxygens (including phenoxy) is 1. The maximum Gasteiger partial charge on any atom is 0.326 e. The number of aliphatic carboxylic acids is 1.